The van der Waals surface area contributed by atoms with Crippen molar-refractivity contribution in [2.45, 2.75) is 38.0 Å². The van der Waals surface area contributed by atoms with E-state index in [1.807, 2.05) is 11.8 Å². The molecule has 0 N–H and O–H groups in total. The molecule has 1 aromatic rings. The van der Waals surface area contributed by atoms with Crippen LogP contribution in [0.25, 0.3) is 0 Å². The van der Waals surface area contributed by atoms with Gasteiger partial charge in [-0.1, -0.05) is 0 Å². The van der Waals surface area contributed by atoms with Crippen molar-refractivity contribution in [2.24, 2.45) is 0 Å². The van der Waals surface area contributed by atoms with E-state index >= 15 is 0 Å². The van der Waals surface area contributed by atoms with Gasteiger partial charge in [0, 0.05) is 45.1 Å². The number of amides is 1. The molecule has 0 unspecified atom stereocenters. The van der Waals surface area contributed by atoms with Crippen LogP contribution < -0.4 is 0 Å². The fourth-order valence-corrected chi connectivity index (χ4v) is 4.02. The Bertz CT molecular complexity index is 588. The Balaban J connectivity index is 1.47. The van der Waals surface area contributed by atoms with Crippen molar-refractivity contribution in [1.29, 1.82) is 0 Å². The highest BCUT2D eigenvalue weighted by atomic mass is 16.5. The molecule has 0 aromatic carbocycles. The van der Waals surface area contributed by atoms with Crippen molar-refractivity contribution in [3.05, 3.63) is 23.8 Å². The molecule has 0 saturated carbocycles. The monoisotopic (exact) mass is 332 g/mol. The summed E-state index contributed by atoms with van der Waals surface area (Å²) in [7, 11) is 0. The molecule has 1 aromatic heterocycles. The van der Waals surface area contributed by atoms with Crippen LogP contribution in [0.1, 0.15) is 29.0 Å². The minimum Gasteiger partial charge on any atom is -0.381 e. The van der Waals surface area contributed by atoms with Gasteiger partial charge in [0.25, 0.3) is 5.91 Å². The summed E-state index contributed by atoms with van der Waals surface area (Å²) in [5.74, 6) is -0.0487. The molecule has 0 radical (unpaired) electrons. The van der Waals surface area contributed by atoms with Gasteiger partial charge in [-0.25, -0.2) is 4.98 Å². The maximum absolute atomic E-state index is 12.7. The number of carbonyl (C=O) groups is 1. The zero-order chi connectivity index (χ0) is 16.5. The molecule has 4 rings (SSSR count). The zero-order valence-corrected chi connectivity index (χ0v) is 14.1. The average Bonchev–Trinajstić information content (AvgIpc) is 3.06. The Morgan fingerprint density at radius 1 is 1.17 bits per heavy atom. The zero-order valence-electron chi connectivity index (χ0n) is 14.1. The largest absolute Gasteiger partial charge is 0.381 e. The van der Waals surface area contributed by atoms with Gasteiger partial charge in [-0.05, 0) is 19.8 Å². The molecule has 3 fully saturated rings. The smallest absolute Gasteiger partial charge is 0.274 e. The molecule has 7 nitrogen and oxygen atoms in total. The summed E-state index contributed by atoms with van der Waals surface area (Å²) in [5.41, 5.74) is 1.23. The van der Waals surface area contributed by atoms with E-state index in [1.165, 1.54) is 0 Å². The van der Waals surface area contributed by atoms with Crippen molar-refractivity contribution in [1.82, 2.24) is 19.8 Å². The maximum Gasteiger partial charge on any atom is 0.274 e. The van der Waals surface area contributed by atoms with Crippen LogP contribution in [0.5, 0.6) is 0 Å². The Kier molecular flexibility index (Phi) is 4.47. The van der Waals surface area contributed by atoms with Crippen LogP contribution in [0.2, 0.25) is 0 Å². The molecule has 3 saturated heterocycles. The van der Waals surface area contributed by atoms with Gasteiger partial charge in [0.1, 0.15) is 5.69 Å². The van der Waals surface area contributed by atoms with Crippen LogP contribution in [-0.4, -0.2) is 83.3 Å². The first-order valence-electron chi connectivity index (χ1n) is 8.75. The standard InChI is InChI=1S/C17H24N4O3/c1-12-8-19-14(9-18-12)17(22)20-10-15-16(11-20)24-7-4-21(15)13-2-5-23-6-3-13/h8-9,13,15-16H,2-7,10-11H2,1H3/t15-,16+/m1/s1. The Hall–Kier alpha value is -1.57. The second-order valence-electron chi connectivity index (χ2n) is 6.81. The highest BCUT2D eigenvalue weighted by Gasteiger charge is 2.44. The van der Waals surface area contributed by atoms with E-state index in [2.05, 4.69) is 14.9 Å². The second-order valence-corrected chi connectivity index (χ2v) is 6.81. The number of fused-ring (bicyclic) bond motifs is 1. The average molecular weight is 332 g/mol. The third-order valence-corrected chi connectivity index (χ3v) is 5.29. The molecule has 1 amide bonds. The van der Waals surface area contributed by atoms with E-state index in [-0.39, 0.29) is 18.1 Å². The van der Waals surface area contributed by atoms with Gasteiger partial charge in [-0.15, -0.1) is 0 Å². The minimum atomic E-state index is -0.0487. The van der Waals surface area contributed by atoms with Gasteiger partial charge >= 0.3 is 0 Å². The molecule has 0 bridgehead atoms. The van der Waals surface area contributed by atoms with Crippen molar-refractivity contribution >= 4 is 5.91 Å². The molecular weight excluding hydrogens is 308 g/mol. The number of rotatable bonds is 2. The van der Waals surface area contributed by atoms with Crippen LogP contribution >= 0.6 is 0 Å². The summed E-state index contributed by atoms with van der Waals surface area (Å²) in [5, 5.41) is 0. The normalized spacial score (nSPS) is 28.8. The highest BCUT2D eigenvalue weighted by molar-refractivity contribution is 5.92. The molecule has 7 heteroatoms. The molecule has 130 valence electrons. The Morgan fingerprint density at radius 2 is 2.00 bits per heavy atom. The lowest BCUT2D eigenvalue weighted by molar-refractivity contribution is -0.0807. The fourth-order valence-electron chi connectivity index (χ4n) is 4.02. The van der Waals surface area contributed by atoms with E-state index in [9.17, 15) is 4.79 Å². The second kappa shape index (κ2) is 6.74. The summed E-state index contributed by atoms with van der Waals surface area (Å²) in [6.07, 6.45) is 5.45. The number of aryl methyl sites for hydroxylation is 1. The maximum atomic E-state index is 12.7. The topological polar surface area (TPSA) is 67.8 Å². The predicted octanol–water partition coefficient (Wildman–Crippen LogP) is 0.489. The number of carbonyl (C=O) groups excluding carboxylic acids is 1. The van der Waals surface area contributed by atoms with E-state index in [4.69, 9.17) is 9.47 Å². The molecule has 3 aliphatic rings. The van der Waals surface area contributed by atoms with Gasteiger partial charge in [-0.3, -0.25) is 14.7 Å². The molecule has 24 heavy (non-hydrogen) atoms. The summed E-state index contributed by atoms with van der Waals surface area (Å²) in [4.78, 5) is 25.5. The first-order valence-corrected chi connectivity index (χ1v) is 8.75. The molecule has 4 heterocycles. The number of likely N-dealkylation sites (tertiary alicyclic amines) is 1. The van der Waals surface area contributed by atoms with Crippen LogP contribution in [0.15, 0.2) is 12.4 Å². The number of hydrogen-bond donors (Lipinski definition) is 0. The van der Waals surface area contributed by atoms with Crippen molar-refractivity contribution in [3.8, 4) is 0 Å². The summed E-state index contributed by atoms with van der Waals surface area (Å²) >= 11 is 0. The number of hydrogen-bond acceptors (Lipinski definition) is 6. The molecule has 0 spiro atoms. The molecule has 2 atom stereocenters. The number of nitrogens with zero attached hydrogens (tertiary/aromatic N) is 4. The number of aromatic nitrogens is 2. The highest BCUT2D eigenvalue weighted by Crippen LogP contribution is 2.28. The lowest BCUT2D eigenvalue weighted by Crippen LogP contribution is -2.56. The van der Waals surface area contributed by atoms with E-state index in [1.54, 1.807) is 12.4 Å². The Morgan fingerprint density at radius 3 is 2.75 bits per heavy atom. The van der Waals surface area contributed by atoms with E-state index in [0.717, 1.165) is 44.9 Å². The lowest BCUT2D eigenvalue weighted by atomic mass is 10.0. The Labute approximate surface area is 142 Å². The molecule has 3 aliphatic heterocycles. The van der Waals surface area contributed by atoms with E-state index in [0.29, 0.717) is 24.8 Å². The summed E-state index contributed by atoms with van der Waals surface area (Å²) in [6, 6.07) is 0.827. The SMILES string of the molecule is Cc1cnc(C(=O)N2C[C@@H]3OCCN(C4CCOCC4)[C@@H]3C2)cn1. The van der Waals surface area contributed by atoms with Gasteiger partial charge in [0.2, 0.25) is 0 Å². The van der Waals surface area contributed by atoms with Gasteiger partial charge in [0.15, 0.2) is 0 Å². The van der Waals surface area contributed by atoms with Crippen LogP contribution in [0.3, 0.4) is 0 Å². The fraction of sp³-hybridized carbons (Fsp3) is 0.706. The van der Waals surface area contributed by atoms with Crippen molar-refractivity contribution in [3.63, 3.8) is 0 Å². The predicted molar refractivity (Wildman–Crippen MR) is 86.7 cm³/mol. The van der Waals surface area contributed by atoms with Crippen LogP contribution in [0.4, 0.5) is 0 Å². The van der Waals surface area contributed by atoms with Crippen molar-refractivity contribution in [2.75, 3.05) is 39.5 Å². The minimum absolute atomic E-state index is 0.0487. The number of ether oxygens (including phenoxy) is 2. The van der Waals surface area contributed by atoms with Crippen molar-refractivity contribution < 1.29 is 14.3 Å². The van der Waals surface area contributed by atoms with E-state index < -0.39 is 0 Å². The molecular formula is C17H24N4O3. The summed E-state index contributed by atoms with van der Waals surface area (Å²) in [6.45, 7) is 6.56. The van der Waals surface area contributed by atoms with Gasteiger partial charge < -0.3 is 14.4 Å². The quantitative estimate of drug-likeness (QED) is 0.785. The first-order chi connectivity index (χ1) is 11.7. The lowest BCUT2D eigenvalue weighted by Gasteiger charge is -2.43. The third-order valence-electron chi connectivity index (χ3n) is 5.29. The molecule has 0 aliphatic carbocycles. The van der Waals surface area contributed by atoms with Crippen LogP contribution in [0, 0.1) is 6.92 Å². The first kappa shape index (κ1) is 15.9. The summed E-state index contributed by atoms with van der Waals surface area (Å²) < 4.78 is 11.4. The third kappa shape index (κ3) is 3.03. The van der Waals surface area contributed by atoms with Gasteiger partial charge in [-0.2, -0.15) is 0 Å². The van der Waals surface area contributed by atoms with Gasteiger partial charge in [0.05, 0.1) is 30.6 Å². The number of morpholine rings is 1. The van der Waals surface area contributed by atoms with Crippen LogP contribution in [-0.2, 0) is 9.47 Å².